The first-order valence-corrected chi connectivity index (χ1v) is 18.1. The zero-order chi connectivity index (χ0) is 35.7. The molecule has 268 valence electrons. The number of carbonyl (C=O) groups is 6. The van der Waals surface area contributed by atoms with Crippen molar-refractivity contribution in [2.45, 2.75) is 95.0 Å². The molecule has 0 saturated carbocycles. The average Bonchev–Trinajstić information content (AvgIpc) is 3.80. The van der Waals surface area contributed by atoms with E-state index < -0.39 is 30.1 Å². The van der Waals surface area contributed by atoms with Gasteiger partial charge in [0.25, 0.3) is 0 Å². The van der Waals surface area contributed by atoms with Gasteiger partial charge in [0.15, 0.2) is 0 Å². The van der Waals surface area contributed by atoms with Crippen LogP contribution in [0.5, 0.6) is 0 Å². The van der Waals surface area contributed by atoms with E-state index in [4.69, 9.17) is 16.3 Å². The number of nitrogens with zero attached hydrogens (tertiary/aromatic N) is 4. The van der Waals surface area contributed by atoms with E-state index in [0.717, 1.165) is 6.42 Å². The number of likely N-dealkylation sites (tertiary alicyclic amines) is 2. The molecular weight excluding hydrogens is 662 g/mol. The molecule has 0 bridgehead atoms. The van der Waals surface area contributed by atoms with E-state index in [-0.39, 0.29) is 66.4 Å². The topological polar surface area (TPSA) is 137 Å². The molecule has 0 aliphatic carbocycles. The number of ether oxygens (including phenoxy) is 1. The van der Waals surface area contributed by atoms with Gasteiger partial charge in [0.05, 0.1) is 19.2 Å². The number of amides is 5. The van der Waals surface area contributed by atoms with Crippen LogP contribution in [0, 0.1) is 11.8 Å². The predicted octanol–water partition coefficient (Wildman–Crippen LogP) is 2.49. The van der Waals surface area contributed by atoms with Crippen LogP contribution in [0.25, 0.3) is 0 Å². The minimum Gasteiger partial charge on any atom is -0.468 e. The number of hydrogen-bond donors (Lipinski definition) is 1. The van der Waals surface area contributed by atoms with E-state index in [1.807, 2.05) is 37.3 Å². The minimum atomic E-state index is -0.932. The Labute approximate surface area is 297 Å². The maximum atomic E-state index is 14.6. The quantitative estimate of drug-likeness (QED) is 0.308. The van der Waals surface area contributed by atoms with Crippen molar-refractivity contribution in [3.8, 4) is 0 Å². The second kappa shape index (κ2) is 15.0. The molecule has 5 heterocycles. The van der Waals surface area contributed by atoms with Crippen molar-refractivity contribution in [2.24, 2.45) is 11.8 Å². The normalized spacial score (nSPS) is 29.2. The Morgan fingerprint density at radius 3 is 2.28 bits per heavy atom. The van der Waals surface area contributed by atoms with E-state index in [1.54, 1.807) is 32.9 Å². The molecule has 0 spiro atoms. The van der Waals surface area contributed by atoms with Gasteiger partial charge in [-0.25, -0.2) is 0 Å². The van der Waals surface area contributed by atoms with Gasteiger partial charge in [0.2, 0.25) is 29.5 Å². The Morgan fingerprint density at radius 1 is 0.920 bits per heavy atom. The van der Waals surface area contributed by atoms with Crippen molar-refractivity contribution in [2.75, 3.05) is 26.7 Å². The van der Waals surface area contributed by atoms with Crippen LogP contribution in [-0.4, -0.2) is 118 Å². The lowest BCUT2D eigenvalue weighted by atomic mass is 9.97. The Morgan fingerprint density at radius 2 is 1.60 bits per heavy atom. The van der Waals surface area contributed by atoms with Gasteiger partial charge < -0.3 is 29.7 Å². The molecule has 1 N–H and O–H groups in total. The van der Waals surface area contributed by atoms with Crippen molar-refractivity contribution in [1.82, 2.24) is 24.9 Å². The van der Waals surface area contributed by atoms with Crippen molar-refractivity contribution in [1.29, 1.82) is 0 Å². The average molecular weight is 708 g/mol. The molecule has 0 radical (unpaired) electrons. The molecule has 1 aromatic carbocycles. The molecule has 3 fully saturated rings. The minimum absolute atomic E-state index is 0.162. The van der Waals surface area contributed by atoms with Crippen LogP contribution < -0.4 is 5.32 Å². The van der Waals surface area contributed by atoms with E-state index in [9.17, 15) is 28.8 Å². The third-order valence-corrected chi connectivity index (χ3v) is 11.3. The maximum absolute atomic E-state index is 14.6. The fourth-order valence-corrected chi connectivity index (χ4v) is 8.76. The highest BCUT2D eigenvalue weighted by Gasteiger charge is 2.54. The first-order chi connectivity index (χ1) is 24.0. The summed E-state index contributed by atoms with van der Waals surface area (Å²) in [5.41, 5.74) is 0.701. The summed E-state index contributed by atoms with van der Waals surface area (Å²) >= 11 is 6.41. The molecule has 5 aliphatic heterocycles. The molecule has 0 aromatic heterocycles. The largest absolute Gasteiger partial charge is 0.468 e. The molecule has 5 amide bonds. The molecule has 6 rings (SSSR count). The van der Waals surface area contributed by atoms with Gasteiger partial charge in [0, 0.05) is 43.3 Å². The van der Waals surface area contributed by atoms with Gasteiger partial charge in [-0.2, -0.15) is 0 Å². The van der Waals surface area contributed by atoms with E-state index in [2.05, 4.69) is 5.32 Å². The zero-order valence-electron chi connectivity index (χ0n) is 28.8. The molecular formula is C37H46ClN5O7. The SMILES string of the molecule is CCC[C@@H]1C=C[C@H]2CCN(C(=O)[C@@H]3CC[C@@H]4C=C[C@H]5CCN(C(=O)[C@H](Cc6ccccc6Cl)NC(C)=O)[C@@H]5C(=O)N43)[C@@H]2C(=O)N1CC(=O)OC. The van der Waals surface area contributed by atoms with E-state index in [0.29, 0.717) is 55.8 Å². The number of methoxy groups -OCH3 is 1. The van der Waals surface area contributed by atoms with Crippen molar-refractivity contribution in [3.63, 3.8) is 0 Å². The zero-order valence-corrected chi connectivity index (χ0v) is 29.6. The lowest BCUT2D eigenvalue weighted by molar-refractivity contribution is -0.155. The second-order valence-electron chi connectivity index (χ2n) is 14.0. The van der Waals surface area contributed by atoms with Crippen LogP contribution in [0.4, 0.5) is 0 Å². The highest BCUT2D eigenvalue weighted by molar-refractivity contribution is 6.31. The van der Waals surface area contributed by atoms with E-state index in [1.165, 1.54) is 18.9 Å². The first kappa shape index (κ1) is 35.6. The summed E-state index contributed by atoms with van der Waals surface area (Å²) < 4.78 is 4.90. The Hall–Kier alpha value is -4.19. The van der Waals surface area contributed by atoms with E-state index >= 15 is 0 Å². The Kier molecular flexibility index (Phi) is 10.7. The standard InChI is InChI=1S/C37H46ClN5O7/c1-4-7-26-12-10-23-17-19-41(32(23)36(48)42(26)21-31(45)50-3)35(47)30-15-14-27-13-11-24-16-18-40(33(24)37(49)43(27)30)34(46)29(39-22(2)44)20-25-8-5-6-9-28(25)38/h5-6,8-13,23-24,26-27,29-30,32-33H,4,7,14-21H2,1-3H3,(H,39,44)/t23-,24-,26+,27-,29-,30-,32-,33-/m0/s1. The smallest absolute Gasteiger partial charge is 0.325 e. The highest BCUT2D eigenvalue weighted by Crippen LogP contribution is 2.39. The predicted molar refractivity (Wildman–Crippen MR) is 184 cm³/mol. The van der Waals surface area contributed by atoms with Gasteiger partial charge in [-0.3, -0.25) is 28.8 Å². The lowest BCUT2D eigenvalue weighted by Gasteiger charge is -2.37. The second-order valence-corrected chi connectivity index (χ2v) is 14.4. The number of hydrogen-bond acceptors (Lipinski definition) is 7. The van der Waals surface area contributed by atoms with Gasteiger partial charge >= 0.3 is 5.97 Å². The molecule has 5 aliphatic rings. The van der Waals surface area contributed by atoms with Crippen LogP contribution in [0.15, 0.2) is 48.6 Å². The third kappa shape index (κ3) is 6.78. The fraction of sp³-hybridized carbons (Fsp3) is 0.568. The summed E-state index contributed by atoms with van der Waals surface area (Å²) in [6.07, 6.45) is 11.8. The van der Waals surface area contributed by atoms with Crippen molar-refractivity contribution in [3.05, 3.63) is 59.2 Å². The Bertz CT molecular complexity index is 1600. The molecule has 12 nitrogen and oxygen atoms in total. The third-order valence-electron chi connectivity index (χ3n) is 10.9. The molecule has 1 aromatic rings. The van der Waals surface area contributed by atoms with Crippen LogP contribution in [0.1, 0.15) is 57.9 Å². The van der Waals surface area contributed by atoms with Crippen molar-refractivity contribution < 1.29 is 33.5 Å². The number of halogens is 1. The van der Waals surface area contributed by atoms with Crippen molar-refractivity contribution >= 4 is 47.1 Å². The van der Waals surface area contributed by atoms with Gasteiger partial charge in [-0.05, 0) is 43.7 Å². The lowest BCUT2D eigenvalue weighted by Crippen LogP contribution is -2.60. The highest BCUT2D eigenvalue weighted by atomic mass is 35.5. The first-order valence-electron chi connectivity index (χ1n) is 17.7. The molecule has 50 heavy (non-hydrogen) atoms. The van der Waals surface area contributed by atoms with Gasteiger partial charge in [-0.1, -0.05) is 67.4 Å². The fourth-order valence-electron chi connectivity index (χ4n) is 8.55. The summed E-state index contributed by atoms with van der Waals surface area (Å²) in [7, 11) is 1.29. The molecule has 8 atom stereocenters. The summed E-state index contributed by atoms with van der Waals surface area (Å²) in [6.45, 7) is 3.83. The maximum Gasteiger partial charge on any atom is 0.325 e. The molecule has 13 heteroatoms. The summed E-state index contributed by atoms with van der Waals surface area (Å²) in [4.78, 5) is 88.4. The number of esters is 1. The van der Waals surface area contributed by atoms with Gasteiger partial charge in [-0.15, -0.1) is 0 Å². The summed E-state index contributed by atoms with van der Waals surface area (Å²) in [5, 5.41) is 3.25. The molecule has 0 unspecified atom stereocenters. The van der Waals surface area contributed by atoms with Gasteiger partial charge in [0.1, 0.15) is 30.7 Å². The summed E-state index contributed by atoms with van der Waals surface area (Å²) in [6, 6.07) is 3.17. The number of nitrogens with one attached hydrogen (secondary N) is 1. The number of fused-ring (bicyclic) bond motifs is 3. The number of carbonyl (C=O) groups excluding carboxylic acids is 6. The summed E-state index contributed by atoms with van der Waals surface area (Å²) in [5.74, 6) is -2.60. The van der Waals surface area contributed by atoms with Crippen LogP contribution >= 0.6 is 11.6 Å². The Balaban J connectivity index is 1.24. The molecule has 3 saturated heterocycles. The number of rotatable bonds is 9. The number of benzene rings is 1. The van der Waals surface area contributed by atoms with Crippen LogP contribution in [0.2, 0.25) is 5.02 Å². The van der Waals surface area contributed by atoms with Crippen LogP contribution in [-0.2, 0) is 39.9 Å². The monoisotopic (exact) mass is 707 g/mol. The van der Waals surface area contributed by atoms with Crippen LogP contribution in [0.3, 0.4) is 0 Å².